The molecule has 0 aliphatic heterocycles. The van der Waals surface area contributed by atoms with Gasteiger partial charge in [0.2, 0.25) is 0 Å². The minimum absolute atomic E-state index is 0.230. The van der Waals surface area contributed by atoms with Crippen LogP contribution in [0.3, 0.4) is 0 Å². The van der Waals surface area contributed by atoms with E-state index in [-0.39, 0.29) is 12.2 Å². The average molecular weight is 585 g/mol. The maximum Gasteiger partial charge on any atom is 0.394 e. The Morgan fingerprint density at radius 3 is 0.923 bits per heavy atom. The number of rotatable bonds is 26. The zero-order valence-corrected chi connectivity index (χ0v) is 27.0. The largest absolute Gasteiger partial charge is 0.394 e. The van der Waals surface area contributed by atoms with Gasteiger partial charge < -0.3 is 20.9 Å². The number of hydrogen-bond donors (Lipinski definition) is 4. The Morgan fingerprint density at radius 1 is 0.513 bits per heavy atom. The molecule has 0 amide bonds. The zero-order chi connectivity index (χ0) is 30.0. The minimum Gasteiger partial charge on any atom is -0.377 e. The van der Waals surface area contributed by atoms with Crippen LogP contribution in [0.2, 0.25) is 0 Å². The van der Waals surface area contributed by atoms with Gasteiger partial charge in [0, 0.05) is 26.3 Å². The normalized spacial score (nSPS) is 12.7. The van der Waals surface area contributed by atoms with Crippen molar-refractivity contribution in [1.82, 2.24) is 0 Å². The first-order chi connectivity index (χ1) is 18.6. The standard InChI is InChI=1S/2C15H33NO.H2O4S/c2*1-3-4-5-6-7-8-9-10-11-12-13-17-15(2)14-16;1-5(2,3)4/h2*15H,3-14,16H2,1-2H3;(H2,1,2,3,4). The summed E-state index contributed by atoms with van der Waals surface area (Å²) in [5.41, 5.74) is 11.0. The number of unbranched alkanes of at least 4 members (excludes halogenated alkanes) is 18. The molecule has 0 rings (SSSR count). The molecule has 0 aromatic rings. The Kier molecular flexibility index (Phi) is 39.6. The summed E-state index contributed by atoms with van der Waals surface area (Å²) in [5.74, 6) is 0. The highest BCUT2D eigenvalue weighted by Crippen LogP contribution is 2.11. The lowest BCUT2D eigenvalue weighted by Crippen LogP contribution is -2.20. The molecule has 2 unspecified atom stereocenters. The highest BCUT2D eigenvalue weighted by atomic mass is 32.3. The van der Waals surface area contributed by atoms with E-state index in [1.165, 1.54) is 128 Å². The monoisotopic (exact) mass is 584 g/mol. The maximum absolute atomic E-state index is 8.74. The van der Waals surface area contributed by atoms with Crippen LogP contribution in [0.5, 0.6) is 0 Å². The summed E-state index contributed by atoms with van der Waals surface area (Å²) < 4.78 is 42.7. The quantitative estimate of drug-likeness (QED) is 0.0593. The van der Waals surface area contributed by atoms with Crippen molar-refractivity contribution in [3.63, 3.8) is 0 Å². The molecule has 0 heterocycles. The van der Waals surface area contributed by atoms with Crippen molar-refractivity contribution in [3.8, 4) is 0 Å². The van der Waals surface area contributed by atoms with Crippen molar-refractivity contribution >= 4 is 10.4 Å². The van der Waals surface area contributed by atoms with Gasteiger partial charge in [0.25, 0.3) is 0 Å². The average Bonchev–Trinajstić information content (AvgIpc) is 2.89. The fourth-order valence-electron chi connectivity index (χ4n) is 3.88. The predicted octanol–water partition coefficient (Wildman–Crippen LogP) is 7.89. The van der Waals surface area contributed by atoms with Gasteiger partial charge in [-0.2, -0.15) is 8.42 Å². The lowest BCUT2D eigenvalue weighted by molar-refractivity contribution is 0.0687. The molecule has 0 saturated carbocycles. The van der Waals surface area contributed by atoms with E-state index in [2.05, 4.69) is 13.8 Å². The van der Waals surface area contributed by atoms with E-state index in [1.54, 1.807) is 0 Å². The Balaban J connectivity index is -0.000000566. The smallest absolute Gasteiger partial charge is 0.377 e. The third kappa shape index (κ3) is 54.5. The lowest BCUT2D eigenvalue weighted by atomic mass is 10.1. The summed E-state index contributed by atoms with van der Waals surface area (Å²) in [6.07, 6.45) is 28.0. The SMILES string of the molecule is CCCCCCCCCCCCOC(C)CN.CCCCCCCCCCCCOC(C)CN.O=S(=O)(O)O. The fourth-order valence-corrected chi connectivity index (χ4v) is 3.88. The van der Waals surface area contributed by atoms with Crippen LogP contribution >= 0.6 is 0 Å². The molecule has 0 aliphatic rings. The topological polar surface area (TPSA) is 145 Å². The van der Waals surface area contributed by atoms with Gasteiger partial charge in [0.1, 0.15) is 0 Å². The molecule has 0 aliphatic carbocycles. The third-order valence-electron chi connectivity index (χ3n) is 6.46. The van der Waals surface area contributed by atoms with Gasteiger partial charge in [-0.25, -0.2) is 0 Å². The van der Waals surface area contributed by atoms with Crippen LogP contribution in [0.25, 0.3) is 0 Å². The molecule has 240 valence electrons. The minimum atomic E-state index is -4.67. The Bertz CT molecular complexity index is 498. The highest BCUT2D eigenvalue weighted by molar-refractivity contribution is 7.79. The Labute approximate surface area is 243 Å². The Morgan fingerprint density at radius 2 is 0.718 bits per heavy atom. The second-order valence-corrected chi connectivity index (χ2v) is 11.5. The maximum atomic E-state index is 8.74. The molecule has 8 nitrogen and oxygen atoms in total. The molecule has 0 radical (unpaired) electrons. The number of nitrogens with two attached hydrogens (primary N) is 2. The summed E-state index contributed by atoms with van der Waals surface area (Å²) in [7, 11) is -4.67. The number of ether oxygens (including phenoxy) is 2. The van der Waals surface area contributed by atoms with Crippen molar-refractivity contribution in [2.75, 3.05) is 26.3 Å². The molecule has 0 aromatic heterocycles. The van der Waals surface area contributed by atoms with Crippen LogP contribution in [0.4, 0.5) is 0 Å². The molecule has 0 saturated heterocycles. The van der Waals surface area contributed by atoms with E-state index in [0.717, 1.165) is 13.2 Å². The van der Waals surface area contributed by atoms with E-state index in [4.69, 9.17) is 38.5 Å². The fraction of sp³-hybridized carbons (Fsp3) is 1.00. The van der Waals surface area contributed by atoms with Gasteiger partial charge in [0.15, 0.2) is 0 Å². The van der Waals surface area contributed by atoms with Gasteiger partial charge in [0.05, 0.1) is 12.2 Å². The van der Waals surface area contributed by atoms with Crippen LogP contribution < -0.4 is 11.5 Å². The van der Waals surface area contributed by atoms with Crippen molar-refractivity contribution in [2.45, 2.75) is 168 Å². The molecule has 0 bridgehead atoms. The summed E-state index contributed by atoms with van der Waals surface area (Å²) in [6.45, 7) is 11.7. The molecule has 39 heavy (non-hydrogen) atoms. The number of hydrogen-bond acceptors (Lipinski definition) is 6. The van der Waals surface area contributed by atoms with Gasteiger partial charge in [-0.1, -0.05) is 129 Å². The first-order valence-corrected chi connectivity index (χ1v) is 17.3. The van der Waals surface area contributed by atoms with E-state index < -0.39 is 10.4 Å². The van der Waals surface area contributed by atoms with Crippen LogP contribution in [0, 0.1) is 0 Å². The Hall–Kier alpha value is -0.290. The summed E-state index contributed by atoms with van der Waals surface area (Å²) in [6, 6.07) is 0. The predicted molar refractivity (Wildman–Crippen MR) is 167 cm³/mol. The molecule has 2 atom stereocenters. The highest BCUT2D eigenvalue weighted by Gasteiger charge is 1.99. The van der Waals surface area contributed by atoms with Crippen molar-refractivity contribution in [3.05, 3.63) is 0 Å². The zero-order valence-electron chi connectivity index (χ0n) is 26.2. The van der Waals surface area contributed by atoms with Crippen LogP contribution in [0.1, 0.15) is 156 Å². The van der Waals surface area contributed by atoms with Crippen LogP contribution in [-0.2, 0) is 19.9 Å². The van der Waals surface area contributed by atoms with Gasteiger partial charge in [-0.15, -0.1) is 0 Å². The summed E-state index contributed by atoms with van der Waals surface area (Å²) in [5, 5.41) is 0. The summed E-state index contributed by atoms with van der Waals surface area (Å²) in [4.78, 5) is 0. The van der Waals surface area contributed by atoms with Gasteiger partial charge in [-0.3, -0.25) is 9.11 Å². The second kappa shape index (κ2) is 35.7. The van der Waals surface area contributed by atoms with E-state index >= 15 is 0 Å². The molecule has 9 heteroatoms. The first kappa shape index (κ1) is 43.2. The lowest BCUT2D eigenvalue weighted by Gasteiger charge is -2.09. The molecular formula is C30H68N2O6S. The summed E-state index contributed by atoms with van der Waals surface area (Å²) >= 11 is 0. The second-order valence-electron chi connectivity index (χ2n) is 10.6. The van der Waals surface area contributed by atoms with E-state index in [0.29, 0.717) is 13.1 Å². The molecule has 0 spiro atoms. The third-order valence-corrected chi connectivity index (χ3v) is 6.46. The molecular weight excluding hydrogens is 516 g/mol. The van der Waals surface area contributed by atoms with Gasteiger partial charge >= 0.3 is 10.4 Å². The molecule has 0 aromatic carbocycles. The molecule has 6 N–H and O–H groups in total. The molecule has 0 fully saturated rings. The first-order valence-electron chi connectivity index (χ1n) is 15.9. The van der Waals surface area contributed by atoms with Crippen LogP contribution in [-0.4, -0.2) is 56.0 Å². The van der Waals surface area contributed by atoms with Crippen molar-refractivity contribution in [2.24, 2.45) is 11.5 Å². The van der Waals surface area contributed by atoms with Crippen molar-refractivity contribution < 1.29 is 27.0 Å². The van der Waals surface area contributed by atoms with E-state index in [9.17, 15) is 0 Å². The van der Waals surface area contributed by atoms with E-state index in [1.807, 2.05) is 13.8 Å². The van der Waals surface area contributed by atoms with Gasteiger partial charge in [-0.05, 0) is 26.7 Å². The van der Waals surface area contributed by atoms with Crippen LogP contribution in [0.15, 0.2) is 0 Å². The van der Waals surface area contributed by atoms with Crippen molar-refractivity contribution in [1.29, 1.82) is 0 Å².